The van der Waals surface area contributed by atoms with Crippen LogP contribution in [0, 0.1) is 0 Å². The lowest BCUT2D eigenvalue weighted by atomic mass is 10.1. The second kappa shape index (κ2) is 7.36. The van der Waals surface area contributed by atoms with Crippen LogP contribution in [0.1, 0.15) is 17.5 Å². The maximum atomic E-state index is 12.7. The van der Waals surface area contributed by atoms with E-state index in [0.29, 0.717) is 26.1 Å². The van der Waals surface area contributed by atoms with Crippen molar-refractivity contribution in [2.45, 2.75) is 19.4 Å². The Hall–Kier alpha value is -2.86. The fraction of sp³-hybridized carbons (Fsp3) is 0.263. The lowest BCUT2D eigenvalue weighted by molar-refractivity contribution is -0.136. The molecule has 3 rings (SSSR count). The van der Waals surface area contributed by atoms with Crippen LogP contribution in [-0.2, 0) is 17.8 Å². The average Bonchev–Trinajstić information content (AvgIpc) is 3.02. The first-order chi connectivity index (χ1) is 12.1. The van der Waals surface area contributed by atoms with Gasteiger partial charge in [-0.3, -0.25) is 14.6 Å². The van der Waals surface area contributed by atoms with Crippen LogP contribution in [0.2, 0.25) is 0 Å². The van der Waals surface area contributed by atoms with E-state index < -0.39 is 5.97 Å². The van der Waals surface area contributed by atoms with E-state index >= 15 is 0 Å². The number of aliphatic carboxylic acids is 1. The molecule has 0 atom stereocenters. The van der Waals surface area contributed by atoms with Crippen molar-refractivity contribution in [3.05, 3.63) is 59.7 Å². The molecule has 2 aromatic rings. The Morgan fingerprint density at radius 2 is 1.40 bits per heavy atom. The smallest absolute Gasteiger partial charge is 0.329 e. The molecule has 0 spiro atoms. The van der Waals surface area contributed by atoms with Gasteiger partial charge in [0.15, 0.2) is 0 Å². The number of carboxylic acids is 1. The van der Waals surface area contributed by atoms with E-state index in [4.69, 9.17) is 10.8 Å². The van der Waals surface area contributed by atoms with Gasteiger partial charge in [0.25, 0.3) is 0 Å². The molecule has 1 fully saturated rings. The minimum absolute atomic E-state index is 0.0567. The van der Waals surface area contributed by atoms with Crippen molar-refractivity contribution >= 4 is 23.4 Å². The number of anilines is 2. The topological polar surface area (TPSA) is 86.9 Å². The molecule has 0 radical (unpaired) electrons. The number of benzene rings is 2. The van der Waals surface area contributed by atoms with Gasteiger partial charge in [0.05, 0.1) is 0 Å². The highest BCUT2D eigenvalue weighted by atomic mass is 16.4. The van der Waals surface area contributed by atoms with Gasteiger partial charge in [0, 0.05) is 37.4 Å². The Balaban J connectivity index is 1.69. The second-order valence-corrected chi connectivity index (χ2v) is 6.02. The highest BCUT2D eigenvalue weighted by Crippen LogP contribution is 2.25. The molecule has 0 saturated carbocycles. The predicted molar refractivity (Wildman–Crippen MR) is 96.8 cm³/mol. The summed E-state index contributed by atoms with van der Waals surface area (Å²) in [6.45, 7) is 1.72. The molecule has 6 heteroatoms. The number of carboxylic acid groups (broad SMARTS) is 1. The molecule has 3 N–H and O–H groups in total. The van der Waals surface area contributed by atoms with Gasteiger partial charge in [-0.15, -0.1) is 0 Å². The van der Waals surface area contributed by atoms with Gasteiger partial charge in [0.1, 0.15) is 0 Å². The number of hydrogen-bond donors (Lipinski definition) is 2. The molecule has 1 aliphatic rings. The molecule has 0 bridgehead atoms. The van der Waals surface area contributed by atoms with Gasteiger partial charge in [0.2, 0.25) is 0 Å². The number of urea groups is 1. The third kappa shape index (κ3) is 3.80. The first-order valence-electron chi connectivity index (χ1n) is 8.27. The number of aryl methyl sites for hydroxylation is 1. The van der Waals surface area contributed by atoms with Crippen LogP contribution in [0.5, 0.6) is 0 Å². The van der Waals surface area contributed by atoms with Gasteiger partial charge >= 0.3 is 12.0 Å². The highest BCUT2D eigenvalue weighted by Gasteiger charge is 2.30. The van der Waals surface area contributed by atoms with E-state index in [0.717, 1.165) is 22.5 Å². The zero-order valence-corrected chi connectivity index (χ0v) is 13.9. The van der Waals surface area contributed by atoms with Gasteiger partial charge in [-0.2, -0.15) is 0 Å². The lowest BCUT2D eigenvalue weighted by Crippen LogP contribution is -2.31. The fourth-order valence-electron chi connectivity index (χ4n) is 2.92. The average molecular weight is 339 g/mol. The Bertz CT molecular complexity index is 756. The number of rotatable bonds is 6. The zero-order chi connectivity index (χ0) is 17.8. The van der Waals surface area contributed by atoms with Crippen LogP contribution in [-0.4, -0.2) is 30.2 Å². The second-order valence-electron chi connectivity index (χ2n) is 6.02. The molecule has 2 aromatic carbocycles. The van der Waals surface area contributed by atoms with Gasteiger partial charge in [-0.05, 0) is 41.8 Å². The summed E-state index contributed by atoms with van der Waals surface area (Å²) in [5.41, 5.74) is 9.28. The highest BCUT2D eigenvalue weighted by molar-refractivity contribution is 6.06. The SMILES string of the molecule is NCc1ccc(N2CCN(c3ccc(CCC(=O)O)cc3)C2=O)cc1. The number of carbonyl (C=O) groups is 2. The van der Waals surface area contributed by atoms with Crippen molar-refractivity contribution in [2.75, 3.05) is 22.9 Å². The fourth-order valence-corrected chi connectivity index (χ4v) is 2.92. The predicted octanol–water partition coefficient (Wildman–Crippen LogP) is 2.61. The Labute approximate surface area is 146 Å². The summed E-state index contributed by atoms with van der Waals surface area (Å²) in [6, 6.07) is 15.1. The van der Waals surface area contributed by atoms with E-state index in [-0.39, 0.29) is 12.5 Å². The molecule has 1 heterocycles. The molecule has 1 saturated heterocycles. The van der Waals surface area contributed by atoms with Crippen molar-refractivity contribution in [3.63, 3.8) is 0 Å². The normalized spacial score (nSPS) is 14.2. The number of nitrogens with two attached hydrogens (primary N) is 1. The van der Waals surface area contributed by atoms with Gasteiger partial charge in [-0.1, -0.05) is 24.3 Å². The largest absolute Gasteiger partial charge is 0.481 e. The Morgan fingerprint density at radius 3 is 1.84 bits per heavy atom. The van der Waals surface area contributed by atoms with Crippen LogP contribution >= 0.6 is 0 Å². The standard InChI is InChI=1S/C19H21N3O3/c20-13-15-3-8-17(9-4-15)22-12-11-21(19(22)25)16-6-1-14(2-7-16)5-10-18(23)24/h1-4,6-9H,5,10-13,20H2,(H,23,24). The Kier molecular flexibility index (Phi) is 5.00. The first-order valence-corrected chi connectivity index (χ1v) is 8.27. The van der Waals surface area contributed by atoms with Crippen molar-refractivity contribution in [1.82, 2.24) is 0 Å². The molecule has 0 aromatic heterocycles. The maximum absolute atomic E-state index is 12.7. The van der Waals surface area contributed by atoms with Crippen LogP contribution in [0.25, 0.3) is 0 Å². The summed E-state index contributed by atoms with van der Waals surface area (Å²) >= 11 is 0. The first kappa shape index (κ1) is 17.0. The van der Waals surface area contributed by atoms with Crippen LogP contribution in [0.15, 0.2) is 48.5 Å². The summed E-state index contributed by atoms with van der Waals surface area (Å²) < 4.78 is 0. The number of amides is 2. The Morgan fingerprint density at radius 1 is 0.920 bits per heavy atom. The molecule has 0 unspecified atom stereocenters. The molecule has 1 aliphatic heterocycles. The van der Waals surface area contributed by atoms with E-state index in [1.165, 1.54) is 0 Å². The molecule has 0 aliphatic carbocycles. The van der Waals surface area contributed by atoms with Crippen molar-refractivity contribution in [1.29, 1.82) is 0 Å². The summed E-state index contributed by atoms with van der Waals surface area (Å²) in [5.74, 6) is -0.810. The van der Waals surface area contributed by atoms with Crippen LogP contribution < -0.4 is 15.5 Å². The summed E-state index contributed by atoms with van der Waals surface area (Å²) in [4.78, 5) is 26.8. The van der Waals surface area contributed by atoms with E-state index in [1.54, 1.807) is 9.80 Å². The third-order valence-corrected chi connectivity index (χ3v) is 4.37. The van der Waals surface area contributed by atoms with Gasteiger partial charge < -0.3 is 10.8 Å². The zero-order valence-electron chi connectivity index (χ0n) is 13.9. The van der Waals surface area contributed by atoms with E-state index in [1.807, 2.05) is 48.5 Å². The van der Waals surface area contributed by atoms with E-state index in [9.17, 15) is 9.59 Å². The quantitative estimate of drug-likeness (QED) is 0.847. The molecule has 130 valence electrons. The third-order valence-electron chi connectivity index (χ3n) is 4.37. The van der Waals surface area contributed by atoms with Crippen molar-refractivity contribution in [3.8, 4) is 0 Å². The van der Waals surface area contributed by atoms with Crippen molar-refractivity contribution < 1.29 is 14.7 Å². The molecule has 6 nitrogen and oxygen atoms in total. The molecular formula is C19H21N3O3. The molecule has 2 amide bonds. The number of nitrogens with zero attached hydrogens (tertiary/aromatic N) is 2. The van der Waals surface area contributed by atoms with Crippen molar-refractivity contribution in [2.24, 2.45) is 5.73 Å². The number of carbonyl (C=O) groups excluding carboxylic acids is 1. The molecule has 25 heavy (non-hydrogen) atoms. The summed E-state index contributed by atoms with van der Waals surface area (Å²) in [6.07, 6.45) is 0.595. The van der Waals surface area contributed by atoms with Crippen LogP contribution in [0.3, 0.4) is 0 Å². The van der Waals surface area contributed by atoms with Gasteiger partial charge in [-0.25, -0.2) is 4.79 Å². The monoisotopic (exact) mass is 339 g/mol. The van der Waals surface area contributed by atoms with E-state index in [2.05, 4.69) is 0 Å². The minimum atomic E-state index is -0.810. The summed E-state index contributed by atoms with van der Waals surface area (Å²) in [7, 11) is 0. The molecular weight excluding hydrogens is 318 g/mol. The maximum Gasteiger partial charge on any atom is 0.329 e. The summed E-state index contributed by atoms with van der Waals surface area (Å²) in [5, 5.41) is 8.74. The number of hydrogen-bond acceptors (Lipinski definition) is 3. The van der Waals surface area contributed by atoms with Crippen LogP contribution in [0.4, 0.5) is 16.2 Å². The lowest BCUT2D eigenvalue weighted by Gasteiger charge is -2.19. The minimum Gasteiger partial charge on any atom is -0.481 e.